The van der Waals surface area contributed by atoms with E-state index in [9.17, 15) is 0 Å². The van der Waals surface area contributed by atoms with E-state index in [-0.39, 0.29) is 0 Å². The van der Waals surface area contributed by atoms with Gasteiger partial charge in [0.05, 0.1) is 0 Å². The van der Waals surface area contributed by atoms with Crippen LogP contribution in [0.25, 0.3) is 0 Å². The summed E-state index contributed by atoms with van der Waals surface area (Å²) in [5, 5.41) is 0. The summed E-state index contributed by atoms with van der Waals surface area (Å²) in [4.78, 5) is 0. The maximum Gasteiger partial charge on any atom is 0.337 e. The van der Waals surface area contributed by atoms with Gasteiger partial charge >= 0.3 is 8.56 Å². The zero-order valence-corrected chi connectivity index (χ0v) is 15.5. The lowest BCUT2D eigenvalue weighted by atomic mass is 10.1. The van der Waals surface area contributed by atoms with E-state index in [0.717, 1.165) is 0 Å². The van der Waals surface area contributed by atoms with Crippen molar-refractivity contribution in [2.24, 2.45) is 0 Å². The fourth-order valence-electron chi connectivity index (χ4n) is 2.79. The SMILES string of the molecule is CCCCCCCCCC[Si](CCCCC)(OC)OC. The molecule has 0 bridgehead atoms. The van der Waals surface area contributed by atoms with Gasteiger partial charge in [-0.3, -0.25) is 0 Å². The molecule has 0 spiro atoms. The van der Waals surface area contributed by atoms with Crippen LogP contribution in [0.1, 0.15) is 84.5 Å². The molecule has 0 aromatic rings. The first kappa shape index (κ1) is 20.1. The molecule has 0 aromatic heterocycles. The van der Waals surface area contributed by atoms with Crippen LogP contribution in [0.15, 0.2) is 0 Å². The van der Waals surface area contributed by atoms with E-state index in [4.69, 9.17) is 8.85 Å². The largest absolute Gasteiger partial charge is 0.398 e. The van der Waals surface area contributed by atoms with Crippen LogP contribution in [-0.4, -0.2) is 22.8 Å². The van der Waals surface area contributed by atoms with Crippen LogP contribution in [0.5, 0.6) is 0 Å². The number of rotatable bonds is 15. The van der Waals surface area contributed by atoms with Gasteiger partial charge in [-0.25, -0.2) is 0 Å². The lowest BCUT2D eigenvalue weighted by Gasteiger charge is -2.27. The second-order valence-electron chi connectivity index (χ2n) is 6.00. The third-order valence-corrected chi connectivity index (χ3v) is 8.04. The summed E-state index contributed by atoms with van der Waals surface area (Å²) >= 11 is 0. The van der Waals surface area contributed by atoms with Crippen molar-refractivity contribution in [1.29, 1.82) is 0 Å². The Hall–Kier alpha value is 0.137. The molecule has 0 aliphatic carbocycles. The number of hydrogen-bond donors (Lipinski definition) is 0. The lowest BCUT2D eigenvalue weighted by molar-refractivity contribution is 0.238. The van der Waals surface area contributed by atoms with Crippen molar-refractivity contribution >= 4 is 8.56 Å². The summed E-state index contributed by atoms with van der Waals surface area (Å²) in [6, 6.07) is 2.35. The van der Waals surface area contributed by atoms with Crippen LogP contribution >= 0.6 is 0 Å². The summed E-state index contributed by atoms with van der Waals surface area (Å²) in [6.07, 6.45) is 14.9. The maximum atomic E-state index is 5.81. The van der Waals surface area contributed by atoms with Gasteiger partial charge in [0.25, 0.3) is 0 Å². The zero-order chi connectivity index (χ0) is 15.1. The van der Waals surface area contributed by atoms with Gasteiger partial charge in [-0.15, -0.1) is 0 Å². The maximum absolute atomic E-state index is 5.81. The molecule has 0 fully saturated rings. The van der Waals surface area contributed by atoms with Gasteiger partial charge in [-0.1, -0.05) is 84.5 Å². The molecule has 2 nitrogen and oxygen atoms in total. The molecule has 122 valence electrons. The first-order valence-corrected chi connectivity index (χ1v) is 11.1. The van der Waals surface area contributed by atoms with Gasteiger partial charge in [-0.2, -0.15) is 0 Å². The van der Waals surface area contributed by atoms with E-state index >= 15 is 0 Å². The molecule has 0 atom stereocenters. The minimum absolute atomic E-state index is 1.17. The van der Waals surface area contributed by atoms with Crippen LogP contribution in [-0.2, 0) is 8.85 Å². The van der Waals surface area contributed by atoms with E-state index in [0.29, 0.717) is 0 Å². The molecule has 0 aliphatic rings. The van der Waals surface area contributed by atoms with Crippen molar-refractivity contribution in [3.8, 4) is 0 Å². The Morgan fingerprint density at radius 3 is 1.35 bits per heavy atom. The second-order valence-corrected chi connectivity index (χ2v) is 9.64. The number of hydrogen-bond acceptors (Lipinski definition) is 2. The smallest absolute Gasteiger partial charge is 0.337 e. The van der Waals surface area contributed by atoms with Gasteiger partial charge < -0.3 is 8.85 Å². The van der Waals surface area contributed by atoms with E-state index < -0.39 is 8.56 Å². The topological polar surface area (TPSA) is 18.5 Å². The fraction of sp³-hybridized carbons (Fsp3) is 1.00. The second kappa shape index (κ2) is 14.1. The highest BCUT2D eigenvalue weighted by molar-refractivity contribution is 6.67. The van der Waals surface area contributed by atoms with Gasteiger partial charge in [0.2, 0.25) is 0 Å². The fourth-order valence-corrected chi connectivity index (χ4v) is 5.60. The molecule has 0 rings (SSSR count). The van der Waals surface area contributed by atoms with E-state index in [2.05, 4.69) is 13.8 Å². The van der Waals surface area contributed by atoms with Gasteiger partial charge in [0, 0.05) is 14.2 Å². The third kappa shape index (κ3) is 9.95. The third-order valence-electron chi connectivity index (χ3n) is 4.32. The number of unbranched alkanes of at least 4 members (excludes halogenated alkanes) is 9. The standard InChI is InChI=1S/C17H38O2Si/c1-5-7-9-10-11-12-13-15-17-20(18-3,19-4)16-14-8-6-2/h5-17H2,1-4H3. The first-order chi connectivity index (χ1) is 9.74. The van der Waals surface area contributed by atoms with E-state index in [1.54, 1.807) is 0 Å². The summed E-state index contributed by atoms with van der Waals surface area (Å²) < 4.78 is 11.6. The van der Waals surface area contributed by atoms with E-state index in [1.807, 2.05) is 14.2 Å². The molecule has 0 amide bonds. The summed E-state index contributed by atoms with van der Waals surface area (Å²) in [6.45, 7) is 4.53. The van der Waals surface area contributed by atoms with Crippen molar-refractivity contribution in [2.45, 2.75) is 96.6 Å². The van der Waals surface area contributed by atoms with Crippen LogP contribution in [0, 0.1) is 0 Å². The van der Waals surface area contributed by atoms with Crippen molar-refractivity contribution in [2.75, 3.05) is 14.2 Å². The highest BCUT2D eigenvalue weighted by Crippen LogP contribution is 2.24. The first-order valence-electron chi connectivity index (χ1n) is 8.85. The Kier molecular flexibility index (Phi) is 14.2. The minimum Gasteiger partial charge on any atom is -0.398 e. The molecule has 0 saturated heterocycles. The Labute approximate surface area is 128 Å². The van der Waals surface area contributed by atoms with Gasteiger partial charge in [0.1, 0.15) is 0 Å². The van der Waals surface area contributed by atoms with Crippen LogP contribution in [0.2, 0.25) is 12.1 Å². The van der Waals surface area contributed by atoms with Gasteiger partial charge in [-0.05, 0) is 12.1 Å². The Morgan fingerprint density at radius 2 is 0.900 bits per heavy atom. The molecule has 0 N–H and O–H groups in total. The van der Waals surface area contributed by atoms with E-state index in [1.165, 1.54) is 82.7 Å². The summed E-state index contributed by atoms with van der Waals surface area (Å²) in [7, 11) is 1.85. The molecule has 0 unspecified atom stereocenters. The molecule has 3 heteroatoms. The van der Waals surface area contributed by atoms with Crippen molar-refractivity contribution < 1.29 is 8.85 Å². The average Bonchev–Trinajstić information content (AvgIpc) is 2.48. The molecule has 0 aliphatic heterocycles. The molecule has 0 saturated carbocycles. The molecule has 0 heterocycles. The predicted octanol–water partition coefficient (Wildman–Crippen LogP) is 6.05. The van der Waals surface area contributed by atoms with Crippen LogP contribution < -0.4 is 0 Å². The zero-order valence-electron chi connectivity index (χ0n) is 14.5. The normalized spacial score (nSPS) is 12.0. The molecule has 20 heavy (non-hydrogen) atoms. The Morgan fingerprint density at radius 1 is 0.550 bits per heavy atom. The quantitative estimate of drug-likeness (QED) is 0.271. The van der Waals surface area contributed by atoms with Crippen molar-refractivity contribution in [1.82, 2.24) is 0 Å². The molecular weight excluding hydrogens is 264 g/mol. The molecule has 0 aromatic carbocycles. The Bertz CT molecular complexity index is 193. The lowest BCUT2D eigenvalue weighted by Crippen LogP contribution is -2.39. The highest BCUT2D eigenvalue weighted by Gasteiger charge is 2.33. The molecule has 0 radical (unpaired) electrons. The Balaban J connectivity index is 3.69. The highest BCUT2D eigenvalue weighted by atomic mass is 28.4. The van der Waals surface area contributed by atoms with Crippen LogP contribution in [0.4, 0.5) is 0 Å². The van der Waals surface area contributed by atoms with Crippen LogP contribution in [0.3, 0.4) is 0 Å². The predicted molar refractivity (Wildman–Crippen MR) is 91.5 cm³/mol. The average molecular weight is 303 g/mol. The van der Waals surface area contributed by atoms with Crippen molar-refractivity contribution in [3.63, 3.8) is 0 Å². The van der Waals surface area contributed by atoms with Gasteiger partial charge in [0.15, 0.2) is 0 Å². The summed E-state index contributed by atoms with van der Waals surface area (Å²) in [5.41, 5.74) is 0. The minimum atomic E-state index is -1.86. The monoisotopic (exact) mass is 302 g/mol. The van der Waals surface area contributed by atoms with Crippen molar-refractivity contribution in [3.05, 3.63) is 0 Å². The summed E-state index contributed by atoms with van der Waals surface area (Å²) in [5.74, 6) is 0. The molecular formula is C17H38O2Si.